The van der Waals surface area contributed by atoms with Gasteiger partial charge in [-0.25, -0.2) is 4.39 Å². The first-order chi connectivity index (χ1) is 21.8. The SMILES string of the molecule is COCCCOc1ccc(Nc2cc(-c3cccc(-n4ncc5cc(C(C)(C)C)cc(F)c5c4=O)c3O)c(C)n(C)c2=O)c(C)c1. The number of nitrogens with one attached hydrogen (secondary N) is 1. The molecule has 0 spiro atoms. The second kappa shape index (κ2) is 12.8. The van der Waals surface area contributed by atoms with Gasteiger partial charge >= 0.3 is 0 Å². The van der Waals surface area contributed by atoms with Crippen LogP contribution in [0, 0.1) is 19.7 Å². The maximum atomic E-state index is 15.3. The normalized spacial score (nSPS) is 11.7. The van der Waals surface area contributed by atoms with E-state index in [9.17, 15) is 14.7 Å². The highest BCUT2D eigenvalue weighted by atomic mass is 19.1. The van der Waals surface area contributed by atoms with Crippen molar-refractivity contribution in [3.8, 4) is 28.3 Å². The first-order valence-corrected chi connectivity index (χ1v) is 15.1. The Morgan fingerprint density at radius 3 is 2.41 bits per heavy atom. The molecule has 5 aromatic rings. The van der Waals surface area contributed by atoms with E-state index in [2.05, 4.69) is 10.4 Å². The molecule has 46 heavy (non-hydrogen) atoms. The number of hydrogen-bond donors (Lipinski definition) is 2. The Morgan fingerprint density at radius 2 is 1.72 bits per heavy atom. The fraction of sp³-hybridized carbons (Fsp3) is 0.306. The second-order valence-electron chi connectivity index (χ2n) is 12.4. The number of phenols is 1. The van der Waals surface area contributed by atoms with Crippen molar-refractivity contribution in [1.29, 1.82) is 0 Å². The number of benzene rings is 3. The first-order valence-electron chi connectivity index (χ1n) is 15.1. The number of fused-ring (bicyclic) bond motifs is 1. The summed E-state index contributed by atoms with van der Waals surface area (Å²) in [7, 11) is 3.30. The lowest BCUT2D eigenvalue weighted by atomic mass is 9.86. The Morgan fingerprint density at radius 1 is 0.957 bits per heavy atom. The van der Waals surface area contributed by atoms with Gasteiger partial charge in [-0.2, -0.15) is 9.78 Å². The zero-order valence-corrected chi connectivity index (χ0v) is 27.2. The van der Waals surface area contributed by atoms with Gasteiger partial charge < -0.3 is 24.5 Å². The lowest BCUT2D eigenvalue weighted by Gasteiger charge is -2.20. The van der Waals surface area contributed by atoms with E-state index in [0.29, 0.717) is 46.9 Å². The number of halogens is 1. The minimum absolute atomic E-state index is 0.0865. The van der Waals surface area contributed by atoms with Crippen molar-refractivity contribution in [3.05, 3.63) is 104 Å². The van der Waals surface area contributed by atoms with E-state index in [-0.39, 0.29) is 27.8 Å². The number of hydrogen-bond acceptors (Lipinski definition) is 7. The van der Waals surface area contributed by atoms with Gasteiger partial charge in [-0.3, -0.25) is 9.59 Å². The Kier molecular flexibility index (Phi) is 9.03. The molecule has 2 aromatic heterocycles. The Hall–Kier alpha value is -4.96. The summed E-state index contributed by atoms with van der Waals surface area (Å²) in [5.41, 5.74) is 2.99. The zero-order chi connectivity index (χ0) is 33.3. The number of aryl methyl sites for hydroxylation is 1. The molecule has 0 aliphatic carbocycles. The Bertz CT molecular complexity index is 2060. The largest absolute Gasteiger partial charge is 0.505 e. The average Bonchev–Trinajstić information content (AvgIpc) is 3.01. The minimum Gasteiger partial charge on any atom is -0.505 e. The molecule has 2 N–H and O–H groups in total. The standard InChI is InChI=1S/C36H39FN4O5/c1-21-16-25(46-15-9-14-45-7)12-13-29(21)39-30-19-27(22(2)40(6)34(30)43)26-10-8-11-31(33(26)42)41-35(44)32-23(20-38-41)17-24(18-28(32)37)36(3,4)5/h8,10-13,16-20,39,42H,9,14-15H2,1-7H3. The van der Waals surface area contributed by atoms with Crippen LogP contribution in [-0.4, -0.2) is 39.8 Å². The van der Waals surface area contributed by atoms with Crippen LogP contribution < -0.4 is 21.2 Å². The molecule has 0 amide bonds. The molecule has 0 unspecified atom stereocenters. The fourth-order valence-electron chi connectivity index (χ4n) is 5.35. The maximum Gasteiger partial charge on any atom is 0.282 e. The highest BCUT2D eigenvalue weighted by Crippen LogP contribution is 2.37. The summed E-state index contributed by atoms with van der Waals surface area (Å²) in [6.45, 7) is 10.7. The number of aromatic hydroxyl groups is 1. The van der Waals surface area contributed by atoms with Crippen LogP contribution in [0.1, 0.15) is 44.0 Å². The molecular weight excluding hydrogens is 587 g/mol. The zero-order valence-electron chi connectivity index (χ0n) is 27.2. The predicted octanol–water partition coefficient (Wildman–Crippen LogP) is 6.67. The molecule has 9 nitrogen and oxygen atoms in total. The summed E-state index contributed by atoms with van der Waals surface area (Å²) in [5.74, 6) is -0.169. The summed E-state index contributed by atoms with van der Waals surface area (Å²) >= 11 is 0. The van der Waals surface area contributed by atoms with Crippen molar-refractivity contribution < 1.29 is 19.0 Å². The molecule has 10 heteroatoms. The van der Waals surface area contributed by atoms with Gasteiger partial charge in [0.25, 0.3) is 11.1 Å². The third-order valence-corrected chi connectivity index (χ3v) is 8.18. The topological polar surface area (TPSA) is 108 Å². The molecule has 0 bridgehead atoms. The predicted molar refractivity (Wildman–Crippen MR) is 180 cm³/mol. The lowest BCUT2D eigenvalue weighted by Crippen LogP contribution is -2.23. The molecule has 0 atom stereocenters. The van der Waals surface area contributed by atoms with Crippen LogP contribution in [0.5, 0.6) is 11.5 Å². The number of nitrogens with zero attached hydrogens (tertiary/aromatic N) is 3. The van der Waals surface area contributed by atoms with Gasteiger partial charge in [0.2, 0.25) is 0 Å². The Labute approximate surface area is 266 Å². The highest BCUT2D eigenvalue weighted by molar-refractivity contribution is 5.84. The third kappa shape index (κ3) is 6.25. The number of methoxy groups -OCH3 is 1. The van der Waals surface area contributed by atoms with Crippen LogP contribution in [0.3, 0.4) is 0 Å². The van der Waals surface area contributed by atoms with E-state index in [4.69, 9.17) is 9.47 Å². The van der Waals surface area contributed by atoms with Crippen LogP contribution >= 0.6 is 0 Å². The van der Waals surface area contributed by atoms with Crippen LogP contribution in [0.2, 0.25) is 0 Å². The molecule has 5 rings (SSSR count). The molecule has 0 saturated carbocycles. The van der Waals surface area contributed by atoms with Gasteiger partial charge in [0.1, 0.15) is 28.7 Å². The summed E-state index contributed by atoms with van der Waals surface area (Å²) < 4.78 is 28.7. The van der Waals surface area contributed by atoms with Gasteiger partial charge in [-0.1, -0.05) is 32.9 Å². The summed E-state index contributed by atoms with van der Waals surface area (Å²) in [6.07, 6.45) is 2.20. The van der Waals surface area contributed by atoms with E-state index >= 15 is 4.39 Å². The van der Waals surface area contributed by atoms with Crippen molar-refractivity contribution >= 4 is 22.1 Å². The molecule has 240 valence electrons. The van der Waals surface area contributed by atoms with Crippen molar-refractivity contribution in [2.75, 3.05) is 25.6 Å². The molecule has 3 aromatic carbocycles. The van der Waals surface area contributed by atoms with E-state index in [1.807, 2.05) is 45.9 Å². The molecule has 0 aliphatic rings. The van der Waals surface area contributed by atoms with Crippen LogP contribution in [0.25, 0.3) is 27.6 Å². The van der Waals surface area contributed by atoms with Crippen LogP contribution in [0.4, 0.5) is 15.8 Å². The van der Waals surface area contributed by atoms with Gasteiger partial charge in [-0.05, 0) is 72.9 Å². The molecule has 2 heterocycles. The number of phenolic OH excluding ortho intramolecular Hbond substituents is 1. The van der Waals surface area contributed by atoms with Crippen molar-refractivity contribution in [3.63, 3.8) is 0 Å². The minimum atomic E-state index is -0.691. The van der Waals surface area contributed by atoms with Crippen LogP contribution in [0.15, 0.2) is 70.4 Å². The van der Waals surface area contributed by atoms with E-state index in [0.717, 1.165) is 27.9 Å². The van der Waals surface area contributed by atoms with Gasteiger partial charge in [0.15, 0.2) is 0 Å². The second-order valence-corrected chi connectivity index (χ2v) is 12.4. The number of pyridine rings is 1. The van der Waals surface area contributed by atoms with E-state index in [1.54, 1.807) is 51.4 Å². The van der Waals surface area contributed by atoms with Crippen molar-refractivity contribution in [2.24, 2.45) is 7.05 Å². The highest BCUT2D eigenvalue weighted by Gasteiger charge is 2.22. The third-order valence-electron chi connectivity index (χ3n) is 8.18. The van der Waals surface area contributed by atoms with Gasteiger partial charge in [0.05, 0.1) is 18.2 Å². The average molecular weight is 627 g/mol. The van der Waals surface area contributed by atoms with E-state index in [1.165, 1.54) is 16.8 Å². The molecule has 0 fully saturated rings. The number of para-hydroxylation sites is 1. The molecule has 0 aliphatic heterocycles. The monoisotopic (exact) mass is 626 g/mol. The van der Waals surface area contributed by atoms with Crippen molar-refractivity contribution in [1.82, 2.24) is 14.3 Å². The first kappa shape index (κ1) is 32.4. The molecular formula is C36H39FN4O5. The van der Waals surface area contributed by atoms with Gasteiger partial charge in [0, 0.05) is 55.1 Å². The number of rotatable bonds is 9. The maximum absolute atomic E-state index is 15.3. The van der Waals surface area contributed by atoms with E-state index < -0.39 is 11.4 Å². The molecule has 0 saturated heterocycles. The van der Waals surface area contributed by atoms with Crippen LogP contribution in [-0.2, 0) is 17.2 Å². The molecule has 0 radical (unpaired) electrons. The lowest BCUT2D eigenvalue weighted by molar-refractivity contribution is 0.172. The summed E-state index contributed by atoms with van der Waals surface area (Å²) in [5, 5.41) is 19.3. The number of ether oxygens (including phenoxy) is 2. The quantitative estimate of drug-likeness (QED) is 0.176. The Balaban J connectivity index is 1.54. The smallest absolute Gasteiger partial charge is 0.282 e. The number of aromatic nitrogens is 3. The fourth-order valence-corrected chi connectivity index (χ4v) is 5.35. The summed E-state index contributed by atoms with van der Waals surface area (Å²) in [6, 6.07) is 15.3. The summed E-state index contributed by atoms with van der Waals surface area (Å²) in [4.78, 5) is 26.9. The van der Waals surface area contributed by atoms with Gasteiger partial charge in [-0.15, -0.1) is 0 Å². The number of anilines is 2. The van der Waals surface area contributed by atoms with Crippen molar-refractivity contribution in [2.45, 2.75) is 46.5 Å².